The molecule has 1 atom stereocenters. The number of ether oxygens (including phenoxy) is 1. The fraction of sp³-hybridized carbons (Fsp3) is 0.0800. The van der Waals surface area contributed by atoms with Gasteiger partial charge in [0.2, 0.25) is 0 Å². The number of rotatable bonds is 5. The molecule has 3 heteroatoms. The lowest BCUT2D eigenvalue weighted by Gasteiger charge is -2.13. The van der Waals surface area contributed by atoms with Crippen LogP contribution in [0.2, 0.25) is 0 Å². The maximum atomic E-state index is 12.3. The van der Waals surface area contributed by atoms with Crippen LogP contribution < -0.4 is 5.73 Å². The first-order valence-corrected chi connectivity index (χ1v) is 9.26. The first-order chi connectivity index (χ1) is 13.7. The zero-order chi connectivity index (χ0) is 19.3. The number of esters is 1. The van der Waals surface area contributed by atoms with E-state index in [1.54, 1.807) is 0 Å². The first kappa shape index (κ1) is 18.0. The number of nitrogens with two attached hydrogens (primary N) is 1. The molecule has 0 spiro atoms. The molecule has 0 saturated heterocycles. The van der Waals surface area contributed by atoms with Crippen LogP contribution >= 0.6 is 0 Å². The zero-order valence-corrected chi connectivity index (χ0v) is 15.4. The molecule has 2 N–H and O–H groups in total. The molecule has 3 nitrogen and oxygen atoms in total. The van der Waals surface area contributed by atoms with Crippen LogP contribution in [0.15, 0.2) is 97.1 Å². The summed E-state index contributed by atoms with van der Waals surface area (Å²) in [6.45, 7) is 0.224. The predicted molar refractivity (Wildman–Crippen MR) is 113 cm³/mol. The van der Waals surface area contributed by atoms with Gasteiger partial charge in [-0.2, -0.15) is 0 Å². The summed E-state index contributed by atoms with van der Waals surface area (Å²) in [5.74, 6) is -0.429. The van der Waals surface area contributed by atoms with Gasteiger partial charge in [0.15, 0.2) is 0 Å². The van der Waals surface area contributed by atoms with Crippen molar-refractivity contribution in [3.8, 4) is 11.1 Å². The molecular weight excluding hydrogens is 346 g/mol. The molecule has 4 rings (SSSR count). The van der Waals surface area contributed by atoms with Gasteiger partial charge in [0.05, 0.1) is 0 Å². The van der Waals surface area contributed by atoms with Crippen LogP contribution in [0, 0.1) is 0 Å². The van der Waals surface area contributed by atoms with Crippen molar-refractivity contribution in [1.82, 2.24) is 0 Å². The standard InChI is InChI=1S/C25H21NO2/c26-24(25(27)28-17-18-7-2-1-3-8-18)21-15-13-20(14-16-21)23-12-6-10-19-9-4-5-11-22(19)23/h1-16,24H,17,26H2/t24-/m0/s1. The molecule has 0 aliphatic carbocycles. The Kier molecular flexibility index (Phi) is 5.18. The van der Waals surface area contributed by atoms with Crippen molar-refractivity contribution in [2.75, 3.05) is 0 Å². The van der Waals surface area contributed by atoms with E-state index in [1.807, 2.05) is 66.7 Å². The second kappa shape index (κ2) is 8.07. The lowest BCUT2D eigenvalue weighted by Crippen LogP contribution is -2.23. The number of benzene rings is 4. The molecule has 0 aliphatic rings. The van der Waals surface area contributed by atoms with Crippen LogP contribution in [-0.2, 0) is 16.1 Å². The van der Waals surface area contributed by atoms with Gasteiger partial charge in [0, 0.05) is 0 Å². The molecular formula is C25H21NO2. The van der Waals surface area contributed by atoms with E-state index < -0.39 is 12.0 Å². The van der Waals surface area contributed by atoms with E-state index in [1.165, 1.54) is 10.8 Å². The number of hydrogen-bond acceptors (Lipinski definition) is 3. The Balaban J connectivity index is 1.50. The molecule has 0 heterocycles. The Morgan fingerprint density at radius 3 is 2.25 bits per heavy atom. The highest BCUT2D eigenvalue weighted by atomic mass is 16.5. The van der Waals surface area contributed by atoms with Crippen molar-refractivity contribution in [2.24, 2.45) is 5.73 Å². The third-order valence-corrected chi connectivity index (χ3v) is 4.85. The fourth-order valence-corrected chi connectivity index (χ4v) is 3.30. The molecule has 4 aromatic rings. The van der Waals surface area contributed by atoms with Crippen LogP contribution in [-0.4, -0.2) is 5.97 Å². The van der Waals surface area contributed by atoms with Crippen LogP contribution in [0.25, 0.3) is 21.9 Å². The van der Waals surface area contributed by atoms with Gasteiger partial charge < -0.3 is 10.5 Å². The molecule has 0 radical (unpaired) electrons. The summed E-state index contributed by atoms with van der Waals surface area (Å²) in [7, 11) is 0. The minimum absolute atomic E-state index is 0.224. The topological polar surface area (TPSA) is 52.3 Å². The molecule has 0 amide bonds. The second-order valence-electron chi connectivity index (χ2n) is 6.72. The van der Waals surface area contributed by atoms with E-state index in [-0.39, 0.29) is 6.61 Å². The molecule has 138 valence electrons. The highest BCUT2D eigenvalue weighted by Crippen LogP contribution is 2.29. The van der Waals surface area contributed by atoms with Crippen molar-refractivity contribution in [3.05, 3.63) is 108 Å². The van der Waals surface area contributed by atoms with Gasteiger partial charge in [0.1, 0.15) is 12.6 Å². The average molecular weight is 367 g/mol. The van der Waals surface area contributed by atoms with Gasteiger partial charge in [-0.3, -0.25) is 0 Å². The summed E-state index contributed by atoms with van der Waals surface area (Å²) in [6.07, 6.45) is 0. The van der Waals surface area contributed by atoms with Crippen LogP contribution in [0.3, 0.4) is 0 Å². The highest BCUT2D eigenvalue weighted by Gasteiger charge is 2.17. The minimum Gasteiger partial charge on any atom is -0.459 e. The molecule has 0 fully saturated rings. The molecule has 0 bridgehead atoms. The molecule has 0 saturated carbocycles. The number of carbonyl (C=O) groups excluding carboxylic acids is 1. The Morgan fingerprint density at radius 1 is 0.786 bits per heavy atom. The zero-order valence-electron chi connectivity index (χ0n) is 15.4. The van der Waals surface area contributed by atoms with E-state index in [0.29, 0.717) is 0 Å². The van der Waals surface area contributed by atoms with Gasteiger partial charge in [0.25, 0.3) is 0 Å². The lowest BCUT2D eigenvalue weighted by molar-refractivity contribution is -0.146. The second-order valence-corrected chi connectivity index (χ2v) is 6.72. The maximum absolute atomic E-state index is 12.3. The van der Waals surface area contributed by atoms with E-state index in [2.05, 4.69) is 30.3 Å². The number of hydrogen-bond donors (Lipinski definition) is 1. The summed E-state index contributed by atoms with van der Waals surface area (Å²) in [6, 6.07) is 31.1. The van der Waals surface area contributed by atoms with Gasteiger partial charge in [-0.25, -0.2) is 4.79 Å². The summed E-state index contributed by atoms with van der Waals surface area (Å²) in [5, 5.41) is 2.40. The monoisotopic (exact) mass is 367 g/mol. The Labute approximate surface area is 164 Å². The highest BCUT2D eigenvalue weighted by molar-refractivity contribution is 5.96. The first-order valence-electron chi connectivity index (χ1n) is 9.26. The van der Waals surface area contributed by atoms with Crippen molar-refractivity contribution < 1.29 is 9.53 Å². The third kappa shape index (κ3) is 3.80. The van der Waals surface area contributed by atoms with Gasteiger partial charge >= 0.3 is 5.97 Å². The minimum atomic E-state index is -0.801. The largest absolute Gasteiger partial charge is 0.459 e. The number of fused-ring (bicyclic) bond motifs is 1. The van der Waals surface area contributed by atoms with Crippen molar-refractivity contribution in [2.45, 2.75) is 12.6 Å². The Hall–Kier alpha value is -3.43. The molecule has 0 unspecified atom stereocenters. The SMILES string of the molecule is N[C@H](C(=O)OCc1ccccc1)c1ccc(-c2cccc3ccccc23)cc1. The number of carbonyl (C=O) groups is 1. The molecule has 28 heavy (non-hydrogen) atoms. The summed E-state index contributed by atoms with van der Waals surface area (Å²) in [5.41, 5.74) is 10.0. The summed E-state index contributed by atoms with van der Waals surface area (Å²) in [4.78, 5) is 12.3. The van der Waals surface area contributed by atoms with E-state index >= 15 is 0 Å². The predicted octanol–water partition coefficient (Wildman–Crippen LogP) is 5.25. The quantitative estimate of drug-likeness (QED) is 0.490. The van der Waals surface area contributed by atoms with Gasteiger partial charge in [-0.05, 0) is 33.0 Å². The van der Waals surface area contributed by atoms with Gasteiger partial charge in [-0.15, -0.1) is 0 Å². The van der Waals surface area contributed by atoms with E-state index in [0.717, 1.165) is 22.3 Å². The fourth-order valence-electron chi connectivity index (χ4n) is 3.30. The van der Waals surface area contributed by atoms with Crippen LogP contribution in [0.1, 0.15) is 17.2 Å². The molecule has 0 aromatic heterocycles. The van der Waals surface area contributed by atoms with E-state index in [4.69, 9.17) is 10.5 Å². The van der Waals surface area contributed by atoms with Gasteiger partial charge in [-0.1, -0.05) is 97.1 Å². The van der Waals surface area contributed by atoms with Crippen molar-refractivity contribution in [3.63, 3.8) is 0 Å². The van der Waals surface area contributed by atoms with Crippen molar-refractivity contribution >= 4 is 16.7 Å². The summed E-state index contributed by atoms with van der Waals surface area (Å²) >= 11 is 0. The van der Waals surface area contributed by atoms with Crippen molar-refractivity contribution in [1.29, 1.82) is 0 Å². The van der Waals surface area contributed by atoms with Crippen LogP contribution in [0.4, 0.5) is 0 Å². The average Bonchev–Trinajstić information content (AvgIpc) is 2.77. The Bertz CT molecular complexity index is 1080. The maximum Gasteiger partial charge on any atom is 0.327 e. The normalized spacial score (nSPS) is 11.9. The summed E-state index contributed by atoms with van der Waals surface area (Å²) < 4.78 is 5.35. The molecule has 0 aliphatic heterocycles. The van der Waals surface area contributed by atoms with E-state index in [9.17, 15) is 4.79 Å². The Morgan fingerprint density at radius 2 is 1.46 bits per heavy atom. The molecule has 4 aromatic carbocycles. The van der Waals surface area contributed by atoms with Crippen LogP contribution in [0.5, 0.6) is 0 Å². The lowest BCUT2D eigenvalue weighted by atomic mass is 9.96. The third-order valence-electron chi connectivity index (χ3n) is 4.85. The smallest absolute Gasteiger partial charge is 0.327 e.